The maximum atomic E-state index is 10.8. The molecule has 0 fully saturated rings. The zero-order valence-electron chi connectivity index (χ0n) is 8.75. The van der Waals surface area contributed by atoms with E-state index < -0.39 is 6.10 Å². The minimum absolute atomic E-state index is 0.112. The molecule has 3 nitrogen and oxygen atoms in total. The third kappa shape index (κ3) is 5.64. The topological polar surface area (TPSA) is 46.5 Å². The molecule has 0 heterocycles. The van der Waals surface area contributed by atoms with Gasteiger partial charge in [-0.05, 0) is 12.3 Å². The Hall–Kier alpha value is -0.570. The lowest BCUT2D eigenvalue weighted by atomic mass is 9.96. The van der Waals surface area contributed by atoms with Crippen molar-refractivity contribution >= 4 is 5.97 Å². The third-order valence-electron chi connectivity index (χ3n) is 2.27. The average molecular weight is 188 g/mol. The van der Waals surface area contributed by atoms with Crippen molar-refractivity contribution in [3.8, 4) is 0 Å². The van der Waals surface area contributed by atoms with Crippen molar-refractivity contribution in [2.75, 3.05) is 7.11 Å². The fraction of sp³-hybridized carbons (Fsp3) is 0.900. The Morgan fingerprint density at radius 3 is 2.62 bits per heavy atom. The second-order valence-corrected chi connectivity index (χ2v) is 3.47. The summed E-state index contributed by atoms with van der Waals surface area (Å²) in [7, 11) is 1.34. The molecule has 78 valence electrons. The number of rotatable bonds is 6. The van der Waals surface area contributed by atoms with Gasteiger partial charge in [-0.3, -0.25) is 4.79 Å². The molecule has 0 amide bonds. The standard InChI is InChI=1S/C10H20O3/c1-4-5-6-8(2)9(11)7-10(12)13-3/h8-9,11H,4-7H2,1-3H3/t8-,9+/m1/s1. The van der Waals surface area contributed by atoms with Crippen LogP contribution in [0.3, 0.4) is 0 Å². The van der Waals surface area contributed by atoms with Crippen LogP contribution in [0.2, 0.25) is 0 Å². The number of carbonyl (C=O) groups is 1. The first-order valence-corrected chi connectivity index (χ1v) is 4.86. The van der Waals surface area contributed by atoms with Gasteiger partial charge in [0, 0.05) is 0 Å². The predicted octanol–water partition coefficient (Wildman–Crippen LogP) is 1.74. The van der Waals surface area contributed by atoms with E-state index in [1.165, 1.54) is 7.11 Å². The summed E-state index contributed by atoms with van der Waals surface area (Å²) >= 11 is 0. The molecule has 0 unspecified atom stereocenters. The Kier molecular flexibility index (Phi) is 6.59. The number of aliphatic hydroxyl groups excluding tert-OH is 1. The fourth-order valence-corrected chi connectivity index (χ4v) is 1.17. The van der Waals surface area contributed by atoms with Crippen molar-refractivity contribution in [1.29, 1.82) is 0 Å². The highest BCUT2D eigenvalue weighted by atomic mass is 16.5. The van der Waals surface area contributed by atoms with Gasteiger partial charge in [-0.2, -0.15) is 0 Å². The van der Waals surface area contributed by atoms with E-state index in [1.54, 1.807) is 0 Å². The highest BCUT2D eigenvalue weighted by molar-refractivity contribution is 5.69. The van der Waals surface area contributed by atoms with Crippen molar-refractivity contribution < 1.29 is 14.6 Å². The zero-order valence-corrected chi connectivity index (χ0v) is 8.75. The van der Waals surface area contributed by atoms with Crippen LogP contribution in [-0.2, 0) is 9.53 Å². The van der Waals surface area contributed by atoms with Gasteiger partial charge in [0.2, 0.25) is 0 Å². The summed E-state index contributed by atoms with van der Waals surface area (Å²) in [5.41, 5.74) is 0. The van der Waals surface area contributed by atoms with Crippen LogP contribution in [-0.4, -0.2) is 24.3 Å². The summed E-state index contributed by atoms with van der Waals surface area (Å²) in [6.45, 7) is 4.07. The van der Waals surface area contributed by atoms with Crippen molar-refractivity contribution in [2.24, 2.45) is 5.92 Å². The van der Waals surface area contributed by atoms with Gasteiger partial charge in [0.25, 0.3) is 0 Å². The van der Waals surface area contributed by atoms with Gasteiger partial charge < -0.3 is 9.84 Å². The Bertz CT molecular complexity index is 145. The number of ether oxygens (including phenoxy) is 1. The smallest absolute Gasteiger partial charge is 0.308 e. The van der Waals surface area contributed by atoms with Gasteiger partial charge in [0.15, 0.2) is 0 Å². The quantitative estimate of drug-likeness (QED) is 0.646. The summed E-state index contributed by atoms with van der Waals surface area (Å²) < 4.78 is 4.48. The molecule has 0 saturated carbocycles. The molecule has 0 rings (SSSR count). The first-order valence-electron chi connectivity index (χ1n) is 4.86. The molecule has 13 heavy (non-hydrogen) atoms. The van der Waals surface area contributed by atoms with Crippen LogP contribution in [0.5, 0.6) is 0 Å². The first kappa shape index (κ1) is 12.4. The Morgan fingerprint density at radius 2 is 2.15 bits per heavy atom. The molecule has 0 bridgehead atoms. The number of methoxy groups -OCH3 is 1. The summed E-state index contributed by atoms with van der Waals surface area (Å²) in [6.07, 6.45) is 2.74. The molecule has 0 radical (unpaired) electrons. The highest BCUT2D eigenvalue weighted by Crippen LogP contribution is 2.14. The number of carbonyl (C=O) groups excluding carboxylic acids is 1. The van der Waals surface area contributed by atoms with Gasteiger partial charge in [-0.1, -0.05) is 26.7 Å². The average Bonchev–Trinajstić information content (AvgIpc) is 2.13. The summed E-state index contributed by atoms with van der Waals surface area (Å²) in [4.78, 5) is 10.8. The van der Waals surface area contributed by atoms with Gasteiger partial charge >= 0.3 is 5.97 Å². The van der Waals surface area contributed by atoms with Crippen molar-refractivity contribution in [3.05, 3.63) is 0 Å². The Labute approximate surface area is 80.1 Å². The molecule has 0 spiro atoms. The summed E-state index contributed by atoms with van der Waals surface area (Å²) in [5, 5.41) is 9.55. The van der Waals surface area contributed by atoms with E-state index >= 15 is 0 Å². The van der Waals surface area contributed by atoms with E-state index in [0.29, 0.717) is 0 Å². The number of unbranched alkanes of at least 4 members (excludes halogenated alkanes) is 1. The lowest BCUT2D eigenvalue weighted by Crippen LogP contribution is -2.22. The maximum absolute atomic E-state index is 10.8. The van der Waals surface area contributed by atoms with Crippen molar-refractivity contribution in [1.82, 2.24) is 0 Å². The van der Waals surface area contributed by atoms with Crippen LogP contribution in [0.25, 0.3) is 0 Å². The first-order chi connectivity index (χ1) is 6.11. The van der Waals surface area contributed by atoms with E-state index in [-0.39, 0.29) is 18.3 Å². The van der Waals surface area contributed by atoms with Gasteiger partial charge in [0.1, 0.15) is 0 Å². The van der Waals surface area contributed by atoms with Gasteiger partial charge in [-0.15, -0.1) is 0 Å². The molecule has 0 aromatic rings. The molecule has 1 N–H and O–H groups in total. The van der Waals surface area contributed by atoms with Crippen LogP contribution in [0.4, 0.5) is 0 Å². The van der Waals surface area contributed by atoms with Gasteiger partial charge in [-0.25, -0.2) is 0 Å². The summed E-state index contributed by atoms with van der Waals surface area (Å²) in [5.74, 6) is -0.158. The van der Waals surface area contributed by atoms with Crippen LogP contribution in [0, 0.1) is 5.92 Å². The second kappa shape index (κ2) is 6.89. The maximum Gasteiger partial charge on any atom is 0.308 e. The molecule has 0 aliphatic rings. The van der Waals surface area contributed by atoms with E-state index in [9.17, 15) is 9.90 Å². The highest BCUT2D eigenvalue weighted by Gasteiger charge is 2.17. The third-order valence-corrected chi connectivity index (χ3v) is 2.27. The fourth-order valence-electron chi connectivity index (χ4n) is 1.17. The number of hydrogen-bond donors (Lipinski definition) is 1. The van der Waals surface area contributed by atoms with Crippen LogP contribution >= 0.6 is 0 Å². The Balaban J connectivity index is 3.68. The minimum atomic E-state index is -0.556. The van der Waals surface area contributed by atoms with E-state index in [2.05, 4.69) is 11.7 Å². The molecule has 0 aromatic heterocycles. The Morgan fingerprint density at radius 1 is 1.54 bits per heavy atom. The lowest BCUT2D eigenvalue weighted by molar-refractivity contribution is -0.143. The van der Waals surface area contributed by atoms with Crippen LogP contribution < -0.4 is 0 Å². The van der Waals surface area contributed by atoms with Crippen LogP contribution in [0.15, 0.2) is 0 Å². The van der Waals surface area contributed by atoms with E-state index in [0.717, 1.165) is 19.3 Å². The SMILES string of the molecule is CCCC[C@@H](C)[C@@H](O)CC(=O)OC. The van der Waals surface area contributed by atoms with E-state index in [4.69, 9.17) is 0 Å². The number of aliphatic hydroxyl groups is 1. The molecular formula is C10H20O3. The molecule has 3 heteroatoms. The predicted molar refractivity (Wildman–Crippen MR) is 51.3 cm³/mol. The normalized spacial score (nSPS) is 15.1. The monoisotopic (exact) mass is 188 g/mol. The second-order valence-electron chi connectivity index (χ2n) is 3.47. The van der Waals surface area contributed by atoms with Crippen LogP contribution in [0.1, 0.15) is 39.5 Å². The molecule has 0 saturated heterocycles. The molecule has 0 aliphatic heterocycles. The molecule has 0 aromatic carbocycles. The molecule has 0 aliphatic carbocycles. The molecular weight excluding hydrogens is 168 g/mol. The van der Waals surface area contributed by atoms with E-state index in [1.807, 2.05) is 6.92 Å². The zero-order chi connectivity index (χ0) is 10.3. The lowest BCUT2D eigenvalue weighted by Gasteiger charge is -2.16. The van der Waals surface area contributed by atoms with Gasteiger partial charge in [0.05, 0.1) is 19.6 Å². The number of esters is 1. The largest absolute Gasteiger partial charge is 0.469 e. The number of hydrogen-bond acceptors (Lipinski definition) is 3. The van der Waals surface area contributed by atoms with Crippen molar-refractivity contribution in [2.45, 2.75) is 45.6 Å². The molecule has 2 atom stereocenters. The minimum Gasteiger partial charge on any atom is -0.469 e. The summed E-state index contributed by atoms with van der Waals surface area (Å²) in [6, 6.07) is 0. The van der Waals surface area contributed by atoms with Crippen molar-refractivity contribution in [3.63, 3.8) is 0 Å².